The highest BCUT2D eigenvalue weighted by atomic mass is 32.2. The molecule has 0 aliphatic carbocycles. The van der Waals surface area contributed by atoms with E-state index >= 15 is 0 Å². The Kier molecular flexibility index (Phi) is 4.15. The molecule has 1 heterocycles. The molecule has 1 aromatic carbocycles. The first-order valence-corrected chi connectivity index (χ1v) is 8.29. The normalized spacial score (nSPS) is 19.9. The number of sulfonamides is 1. The van der Waals surface area contributed by atoms with Gasteiger partial charge in [0.1, 0.15) is 0 Å². The molecule has 110 valence electrons. The lowest BCUT2D eigenvalue weighted by atomic mass is 10.0. The van der Waals surface area contributed by atoms with E-state index in [9.17, 15) is 13.2 Å². The number of hydrogen-bond donors (Lipinski definition) is 1. The molecule has 1 aromatic rings. The van der Waals surface area contributed by atoms with Crippen molar-refractivity contribution in [2.24, 2.45) is 5.14 Å². The highest BCUT2D eigenvalue weighted by molar-refractivity contribution is 7.89. The maximum absolute atomic E-state index is 12.5. The second-order valence-electron chi connectivity index (χ2n) is 5.42. The second-order valence-corrected chi connectivity index (χ2v) is 6.98. The first kappa shape index (κ1) is 15.0. The average molecular weight is 296 g/mol. The van der Waals surface area contributed by atoms with Crippen molar-refractivity contribution >= 4 is 15.9 Å². The van der Waals surface area contributed by atoms with Gasteiger partial charge in [0, 0.05) is 18.2 Å². The summed E-state index contributed by atoms with van der Waals surface area (Å²) in [5.74, 6) is -0.120. The summed E-state index contributed by atoms with van der Waals surface area (Å²) in [6.45, 7) is 4.50. The summed E-state index contributed by atoms with van der Waals surface area (Å²) in [4.78, 5) is 14.3. The van der Waals surface area contributed by atoms with Crippen molar-refractivity contribution in [1.82, 2.24) is 4.90 Å². The highest BCUT2D eigenvalue weighted by Crippen LogP contribution is 2.21. The molecule has 0 radical (unpaired) electrons. The zero-order valence-electron chi connectivity index (χ0n) is 11.8. The van der Waals surface area contributed by atoms with Crippen molar-refractivity contribution in [2.75, 3.05) is 6.54 Å². The zero-order chi connectivity index (χ0) is 14.9. The first-order chi connectivity index (χ1) is 9.29. The van der Waals surface area contributed by atoms with E-state index in [4.69, 9.17) is 5.14 Å². The van der Waals surface area contributed by atoms with Gasteiger partial charge in [-0.05, 0) is 56.9 Å². The number of nitrogens with zero attached hydrogens (tertiary/aromatic N) is 1. The van der Waals surface area contributed by atoms with Crippen LogP contribution in [0.1, 0.15) is 42.1 Å². The van der Waals surface area contributed by atoms with Gasteiger partial charge >= 0.3 is 0 Å². The Morgan fingerprint density at radius 1 is 1.30 bits per heavy atom. The number of amides is 1. The SMILES string of the molecule is Cc1cc(C(=O)N2CCCCC2C)cc(S(N)(=O)=O)c1. The maximum Gasteiger partial charge on any atom is 0.254 e. The number of carbonyl (C=O) groups excluding carboxylic acids is 1. The zero-order valence-corrected chi connectivity index (χ0v) is 12.6. The van der Waals surface area contributed by atoms with Gasteiger partial charge in [0.2, 0.25) is 10.0 Å². The van der Waals surface area contributed by atoms with Crippen molar-refractivity contribution in [3.63, 3.8) is 0 Å². The summed E-state index contributed by atoms with van der Waals surface area (Å²) < 4.78 is 22.9. The van der Waals surface area contributed by atoms with E-state index in [-0.39, 0.29) is 16.8 Å². The van der Waals surface area contributed by atoms with Crippen LogP contribution in [0.3, 0.4) is 0 Å². The average Bonchev–Trinajstić information content (AvgIpc) is 2.37. The van der Waals surface area contributed by atoms with Crippen molar-refractivity contribution in [1.29, 1.82) is 0 Å². The minimum atomic E-state index is -3.80. The van der Waals surface area contributed by atoms with Gasteiger partial charge in [-0.25, -0.2) is 13.6 Å². The van der Waals surface area contributed by atoms with E-state index in [1.807, 2.05) is 11.8 Å². The number of hydrogen-bond acceptors (Lipinski definition) is 3. The lowest BCUT2D eigenvalue weighted by molar-refractivity contribution is 0.0635. The van der Waals surface area contributed by atoms with Crippen molar-refractivity contribution in [2.45, 2.75) is 44.0 Å². The van der Waals surface area contributed by atoms with Gasteiger partial charge in [-0.1, -0.05) is 0 Å². The molecule has 0 aromatic heterocycles. The quantitative estimate of drug-likeness (QED) is 0.901. The number of nitrogens with two attached hydrogens (primary N) is 1. The van der Waals surface area contributed by atoms with Gasteiger partial charge in [-0.15, -0.1) is 0 Å². The Labute approximate surface area is 119 Å². The van der Waals surface area contributed by atoms with Crippen molar-refractivity contribution < 1.29 is 13.2 Å². The fraction of sp³-hybridized carbons (Fsp3) is 0.500. The maximum atomic E-state index is 12.5. The fourth-order valence-corrected chi connectivity index (χ4v) is 3.24. The molecule has 0 saturated carbocycles. The van der Waals surface area contributed by atoms with E-state index in [0.29, 0.717) is 11.1 Å². The molecule has 1 saturated heterocycles. The van der Waals surface area contributed by atoms with Gasteiger partial charge in [-0.3, -0.25) is 4.79 Å². The van der Waals surface area contributed by atoms with Gasteiger partial charge in [0.25, 0.3) is 5.91 Å². The van der Waals surface area contributed by atoms with Crippen LogP contribution in [0.4, 0.5) is 0 Å². The summed E-state index contributed by atoms with van der Waals surface area (Å²) in [5, 5.41) is 5.15. The Hall–Kier alpha value is -1.40. The minimum Gasteiger partial charge on any atom is -0.336 e. The second kappa shape index (κ2) is 5.54. The molecule has 5 nitrogen and oxygen atoms in total. The molecule has 6 heteroatoms. The van der Waals surface area contributed by atoms with Crippen LogP contribution in [0.15, 0.2) is 23.1 Å². The third-order valence-corrected chi connectivity index (χ3v) is 4.58. The monoisotopic (exact) mass is 296 g/mol. The van der Waals surface area contributed by atoms with E-state index in [1.54, 1.807) is 13.0 Å². The Morgan fingerprint density at radius 3 is 2.60 bits per heavy atom. The number of benzene rings is 1. The molecule has 2 N–H and O–H groups in total. The summed E-state index contributed by atoms with van der Waals surface area (Å²) in [6, 6.07) is 4.74. The van der Waals surface area contributed by atoms with Crippen LogP contribution < -0.4 is 5.14 Å². The van der Waals surface area contributed by atoms with Crippen LogP contribution in [0, 0.1) is 6.92 Å². The van der Waals surface area contributed by atoms with Crippen LogP contribution in [0.2, 0.25) is 0 Å². The van der Waals surface area contributed by atoms with Crippen LogP contribution in [-0.2, 0) is 10.0 Å². The van der Waals surface area contributed by atoms with Crippen molar-refractivity contribution in [3.05, 3.63) is 29.3 Å². The van der Waals surface area contributed by atoms with E-state index < -0.39 is 10.0 Å². The van der Waals surface area contributed by atoms with E-state index in [1.165, 1.54) is 12.1 Å². The first-order valence-electron chi connectivity index (χ1n) is 6.74. The van der Waals surface area contributed by atoms with Crippen LogP contribution in [0.5, 0.6) is 0 Å². The van der Waals surface area contributed by atoms with E-state index in [0.717, 1.165) is 25.8 Å². The molecule has 1 aliphatic rings. The van der Waals surface area contributed by atoms with Gasteiger partial charge in [0.15, 0.2) is 0 Å². The lowest BCUT2D eigenvalue weighted by Gasteiger charge is -2.33. The summed E-state index contributed by atoms with van der Waals surface area (Å²) in [6.07, 6.45) is 3.10. The predicted molar refractivity (Wildman–Crippen MR) is 76.9 cm³/mol. The van der Waals surface area contributed by atoms with E-state index in [2.05, 4.69) is 0 Å². The Balaban J connectivity index is 2.37. The lowest BCUT2D eigenvalue weighted by Crippen LogP contribution is -2.42. The number of likely N-dealkylation sites (tertiary alicyclic amines) is 1. The molecule has 1 aliphatic heterocycles. The Morgan fingerprint density at radius 2 is 2.00 bits per heavy atom. The summed E-state index contributed by atoms with van der Waals surface area (Å²) in [5.41, 5.74) is 1.10. The minimum absolute atomic E-state index is 0.00878. The van der Waals surface area contributed by atoms with Gasteiger partial charge < -0.3 is 4.90 Å². The highest BCUT2D eigenvalue weighted by Gasteiger charge is 2.25. The number of rotatable bonds is 2. The molecular formula is C14H20N2O3S. The molecule has 1 amide bonds. The molecule has 0 bridgehead atoms. The predicted octanol–water partition coefficient (Wildman–Crippen LogP) is 1.66. The number of carbonyl (C=O) groups is 1. The molecule has 0 spiro atoms. The van der Waals surface area contributed by atoms with Crippen LogP contribution in [0.25, 0.3) is 0 Å². The Bertz CT molecular complexity index is 625. The third kappa shape index (κ3) is 3.19. The standard InChI is InChI=1S/C14H20N2O3S/c1-10-7-12(9-13(8-10)20(15,18)19)14(17)16-6-4-3-5-11(16)2/h7-9,11H,3-6H2,1-2H3,(H2,15,18,19). The number of aryl methyl sites for hydroxylation is 1. The third-order valence-electron chi connectivity index (χ3n) is 3.69. The molecule has 2 rings (SSSR count). The molecule has 1 fully saturated rings. The molecule has 20 heavy (non-hydrogen) atoms. The molecule has 1 unspecified atom stereocenters. The summed E-state index contributed by atoms with van der Waals surface area (Å²) in [7, 11) is -3.80. The number of piperidine rings is 1. The smallest absolute Gasteiger partial charge is 0.254 e. The number of primary sulfonamides is 1. The molecular weight excluding hydrogens is 276 g/mol. The topological polar surface area (TPSA) is 80.5 Å². The van der Waals surface area contributed by atoms with Gasteiger partial charge in [-0.2, -0.15) is 0 Å². The molecule has 1 atom stereocenters. The van der Waals surface area contributed by atoms with Crippen LogP contribution >= 0.6 is 0 Å². The van der Waals surface area contributed by atoms with Crippen molar-refractivity contribution in [3.8, 4) is 0 Å². The van der Waals surface area contributed by atoms with Crippen LogP contribution in [-0.4, -0.2) is 31.8 Å². The fourth-order valence-electron chi connectivity index (χ4n) is 2.60. The van der Waals surface area contributed by atoms with Gasteiger partial charge in [0.05, 0.1) is 4.90 Å². The summed E-state index contributed by atoms with van der Waals surface area (Å²) >= 11 is 0. The largest absolute Gasteiger partial charge is 0.336 e.